The molecule has 0 radical (unpaired) electrons. The van der Waals surface area contributed by atoms with Crippen molar-refractivity contribution in [2.24, 2.45) is 5.73 Å². The summed E-state index contributed by atoms with van der Waals surface area (Å²) in [7, 11) is 0. The molecule has 0 aliphatic rings. The minimum Gasteiger partial charge on any atom is -0.480 e. The Morgan fingerprint density at radius 2 is 1.28 bits per heavy atom. The van der Waals surface area contributed by atoms with Crippen molar-refractivity contribution < 1.29 is 48.7 Å². The van der Waals surface area contributed by atoms with Gasteiger partial charge in [0.05, 0.1) is 11.3 Å². The van der Waals surface area contributed by atoms with Gasteiger partial charge in [0.25, 0.3) is 17.5 Å². The highest BCUT2D eigenvalue weighted by Gasteiger charge is 2.22. The number of carbonyl (C=O) groups excluding carboxylic acids is 5. The van der Waals surface area contributed by atoms with Crippen LogP contribution in [0.15, 0.2) is 18.2 Å². The molecule has 0 aliphatic heterocycles. The van der Waals surface area contributed by atoms with E-state index < -0.39 is 71.1 Å². The van der Waals surface area contributed by atoms with Crippen LogP contribution in [0.25, 0.3) is 0 Å². The minimum absolute atomic E-state index is 0.0119. The minimum atomic E-state index is -1.41. The summed E-state index contributed by atoms with van der Waals surface area (Å²) in [5, 5.41) is 38.5. The van der Waals surface area contributed by atoms with Crippen LogP contribution in [0.4, 0.5) is 5.69 Å². The highest BCUT2D eigenvalue weighted by Crippen LogP contribution is 2.18. The number of nitrogens with zero attached hydrogens (tertiary/aromatic N) is 1. The summed E-state index contributed by atoms with van der Waals surface area (Å²) in [6, 6.07) is 1.89. The van der Waals surface area contributed by atoms with E-state index in [1.807, 2.05) is 0 Å². The van der Waals surface area contributed by atoms with Crippen molar-refractivity contribution in [3.63, 3.8) is 0 Å². The standard InChI is InChI=1S/C26H36N6O11/c27-20(33)14-19(26(40)41)31-22(35)8-4-2-6-10-29-25(39)17-11-16(12-18(13-17)32(42)43)24(38)28-9-5-1-3-7-21(34)30-15-23(36)37/h11-13,19H,1-10,14-15H2,(H2,27,33)(H,28,38)(H,29,39)(H,30,34)(H,31,35)(H,36,37)(H,40,41). The van der Waals surface area contributed by atoms with E-state index in [0.717, 1.165) is 12.1 Å². The number of hydrogen-bond acceptors (Lipinski definition) is 9. The number of amides is 5. The third kappa shape index (κ3) is 15.5. The molecule has 0 saturated carbocycles. The molecule has 0 bridgehead atoms. The first kappa shape index (κ1) is 35.9. The molecular formula is C26H36N6O11. The van der Waals surface area contributed by atoms with Gasteiger partial charge in [-0.2, -0.15) is 0 Å². The molecular weight excluding hydrogens is 572 g/mol. The second-order valence-electron chi connectivity index (χ2n) is 9.46. The van der Waals surface area contributed by atoms with Gasteiger partial charge in [0.15, 0.2) is 0 Å². The summed E-state index contributed by atoms with van der Waals surface area (Å²) >= 11 is 0. The predicted octanol–water partition coefficient (Wildman–Crippen LogP) is -0.179. The van der Waals surface area contributed by atoms with Gasteiger partial charge in [-0.3, -0.25) is 38.9 Å². The Bertz CT molecular complexity index is 1200. The van der Waals surface area contributed by atoms with Crippen molar-refractivity contribution in [2.75, 3.05) is 19.6 Å². The van der Waals surface area contributed by atoms with Gasteiger partial charge in [-0.15, -0.1) is 0 Å². The van der Waals surface area contributed by atoms with Crippen LogP contribution in [-0.4, -0.2) is 82.3 Å². The average molecular weight is 609 g/mol. The second kappa shape index (κ2) is 19.1. The lowest BCUT2D eigenvalue weighted by Crippen LogP contribution is -2.43. The number of nitro groups is 1. The summed E-state index contributed by atoms with van der Waals surface area (Å²) in [6.45, 7) is -0.0870. The lowest BCUT2D eigenvalue weighted by molar-refractivity contribution is -0.384. The predicted molar refractivity (Wildman–Crippen MR) is 149 cm³/mol. The van der Waals surface area contributed by atoms with E-state index in [4.69, 9.17) is 15.9 Å². The Morgan fingerprint density at radius 1 is 0.767 bits per heavy atom. The van der Waals surface area contributed by atoms with Crippen LogP contribution in [0, 0.1) is 10.1 Å². The van der Waals surface area contributed by atoms with E-state index in [1.165, 1.54) is 6.07 Å². The zero-order valence-corrected chi connectivity index (χ0v) is 23.4. The van der Waals surface area contributed by atoms with E-state index >= 15 is 0 Å². The van der Waals surface area contributed by atoms with Crippen molar-refractivity contribution in [1.82, 2.24) is 21.3 Å². The molecule has 0 spiro atoms. The van der Waals surface area contributed by atoms with Gasteiger partial charge in [0, 0.05) is 49.2 Å². The average Bonchev–Trinajstić information content (AvgIpc) is 2.94. The highest BCUT2D eigenvalue weighted by atomic mass is 16.6. The van der Waals surface area contributed by atoms with Gasteiger partial charge >= 0.3 is 11.9 Å². The molecule has 0 fully saturated rings. The monoisotopic (exact) mass is 608 g/mol. The van der Waals surface area contributed by atoms with E-state index in [-0.39, 0.29) is 37.1 Å². The fraction of sp³-hybridized carbons (Fsp3) is 0.500. The van der Waals surface area contributed by atoms with Crippen molar-refractivity contribution in [3.8, 4) is 0 Å². The quantitative estimate of drug-likeness (QED) is 0.0546. The van der Waals surface area contributed by atoms with E-state index in [1.54, 1.807) is 0 Å². The first-order valence-corrected chi connectivity index (χ1v) is 13.4. The summed E-state index contributed by atoms with van der Waals surface area (Å²) < 4.78 is 0. The van der Waals surface area contributed by atoms with Crippen molar-refractivity contribution >= 4 is 47.2 Å². The van der Waals surface area contributed by atoms with Crippen LogP contribution >= 0.6 is 0 Å². The Hall–Kier alpha value is -5.09. The summed E-state index contributed by atoms with van der Waals surface area (Å²) in [4.78, 5) is 91.6. The number of unbranched alkanes of at least 4 members (excludes halogenated alkanes) is 4. The maximum atomic E-state index is 12.6. The maximum Gasteiger partial charge on any atom is 0.326 e. The van der Waals surface area contributed by atoms with Gasteiger partial charge in [0.1, 0.15) is 12.6 Å². The first-order chi connectivity index (χ1) is 20.3. The molecule has 0 heterocycles. The van der Waals surface area contributed by atoms with Crippen molar-refractivity contribution in [3.05, 3.63) is 39.4 Å². The largest absolute Gasteiger partial charge is 0.480 e. The Labute approximate surface area is 246 Å². The normalized spacial score (nSPS) is 11.1. The van der Waals surface area contributed by atoms with Gasteiger partial charge in [-0.25, -0.2) is 4.79 Å². The lowest BCUT2D eigenvalue weighted by Gasteiger charge is -2.12. The summed E-state index contributed by atoms with van der Waals surface area (Å²) in [6.07, 6.45) is 2.40. The number of nitro benzene ring substituents is 1. The number of hydrogen-bond donors (Lipinski definition) is 7. The molecule has 0 aromatic heterocycles. The third-order valence-corrected chi connectivity index (χ3v) is 5.86. The topological polar surface area (TPSA) is 277 Å². The van der Waals surface area contributed by atoms with Gasteiger partial charge in [-0.05, 0) is 31.7 Å². The van der Waals surface area contributed by atoms with Crippen LogP contribution in [0.5, 0.6) is 0 Å². The summed E-state index contributed by atoms with van der Waals surface area (Å²) in [5.41, 5.74) is 4.33. The first-order valence-electron chi connectivity index (χ1n) is 13.4. The molecule has 17 heteroatoms. The van der Waals surface area contributed by atoms with Crippen molar-refractivity contribution in [1.29, 1.82) is 0 Å². The second-order valence-corrected chi connectivity index (χ2v) is 9.46. The fourth-order valence-corrected chi connectivity index (χ4v) is 3.69. The molecule has 1 aromatic carbocycles. The Morgan fingerprint density at radius 3 is 1.72 bits per heavy atom. The lowest BCUT2D eigenvalue weighted by atomic mass is 10.1. The molecule has 1 rings (SSSR count). The molecule has 17 nitrogen and oxygen atoms in total. The Kier molecular flexibility index (Phi) is 16.0. The molecule has 1 aromatic rings. The maximum absolute atomic E-state index is 12.6. The number of carbonyl (C=O) groups is 7. The number of aliphatic carboxylic acids is 2. The molecule has 8 N–H and O–H groups in total. The smallest absolute Gasteiger partial charge is 0.326 e. The van der Waals surface area contributed by atoms with Gasteiger partial charge < -0.3 is 37.2 Å². The van der Waals surface area contributed by atoms with E-state index in [9.17, 15) is 43.7 Å². The van der Waals surface area contributed by atoms with Crippen molar-refractivity contribution in [2.45, 2.75) is 63.8 Å². The third-order valence-electron chi connectivity index (χ3n) is 5.86. The van der Waals surface area contributed by atoms with Crippen LogP contribution in [0.2, 0.25) is 0 Å². The SMILES string of the molecule is NC(=O)CC(NC(=O)CCCCCNC(=O)c1cc(C(=O)NCCCCCC(=O)NCC(=O)O)cc([N+](=O)[O-])c1)C(=O)O. The highest BCUT2D eigenvalue weighted by molar-refractivity contribution is 6.00. The molecule has 43 heavy (non-hydrogen) atoms. The zero-order valence-electron chi connectivity index (χ0n) is 23.4. The fourth-order valence-electron chi connectivity index (χ4n) is 3.69. The van der Waals surface area contributed by atoms with E-state index in [2.05, 4.69) is 21.3 Å². The van der Waals surface area contributed by atoms with Gasteiger partial charge in [0.2, 0.25) is 17.7 Å². The Balaban J connectivity index is 2.49. The number of primary amides is 1. The number of carboxylic acids is 2. The number of nitrogens with one attached hydrogen (secondary N) is 4. The number of benzene rings is 1. The molecule has 1 atom stereocenters. The molecule has 1 unspecified atom stereocenters. The van der Waals surface area contributed by atoms with Crippen LogP contribution in [0.1, 0.15) is 78.5 Å². The van der Waals surface area contributed by atoms with Crippen LogP contribution < -0.4 is 27.0 Å². The molecule has 236 valence electrons. The number of nitrogens with two attached hydrogens (primary N) is 1. The number of carboxylic acid groups (broad SMARTS) is 2. The van der Waals surface area contributed by atoms with Crippen LogP contribution in [0.3, 0.4) is 0 Å². The van der Waals surface area contributed by atoms with Gasteiger partial charge in [-0.1, -0.05) is 12.8 Å². The molecule has 0 aliphatic carbocycles. The van der Waals surface area contributed by atoms with Crippen LogP contribution in [-0.2, 0) is 24.0 Å². The number of non-ortho nitro benzene ring substituents is 1. The molecule has 5 amide bonds. The zero-order chi connectivity index (χ0) is 32.4. The van der Waals surface area contributed by atoms with E-state index in [0.29, 0.717) is 38.5 Å². The summed E-state index contributed by atoms with van der Waals surface area (Å²) in [5.74, 6) is -5.64. The molecule has 0 saturated heterocycles. The number of rotatable bonds is 21.